The molecule has 2 aromatic rings. The van der Waals surface area contributed by atoms with Crippen molar-refractivity contribution in [3.05, 3.63) is 57.3 Å². The summed E-state index contributed by atoms with van der Waals surface area (Å²) < 4.78 is 25.5. The Bertz CT molecular complexity index is 724. The van der Waals surface area contributed by atoms with Crippen molar-refractivity contribution in [1.82, 2.24) is 4.72 Å². The van der Waals surface area contributed by atoms with E-state index >= 15 is 0 Å². The minimum atomic E-state index is -3.76. The van der Waals surface area contributed by atoms with Gasteiger partial charge in [-0.1, -0.05) is 24.3 Å². The van der Waals surface area contributed by atoms with Crippen LogP contribution in [0, 0.1) is 0 Å². The highest BCUT2D eigenvalue weighted by molar-refractivity contribution is 7.87. The Labute approximate surface area is 129 Å². The van der Waals surface area contributed by atoms with E-state index in [-0.39, 0.29) is 0 Å². The monoisotopic (exact) mass is 322 g/mol. The molecule has 3 N–H and O–H groups in total. The van der Waals surface area contributed by atoms with Crippen molar-refractivity contribution >= 4 is 21.5 Å². The first-order valence-electron chi connectivity index (χ1n) is 6.98. The lowest BCUT2D eigenvalue weighted by Gasteiger charge is -2.21. The molecule has 0 bridgehead atoms. The van der Waals surface area contributed by atoms with E-state index in [1.54, 1.807) is 0 Å². The molecule has 6 heteroatoms. The number of hydrogen-bond donors (Lipinski definition) is 2. The van der Waals surface area contributed by atoms with Crippen LogP contribution in [0.1, 0.15) is 40.5 Å². The number of hydrogen-bond acceptors (Lipinski definition) is 3. The lowest BCUT2D eigenvalue weighted by atomic mass is 9.89. The predicted molar refractivity (Wildman–Crippen MR) is 85.5 cm³/mol. The lowest BCUT2D eigenvalue weighted by Crippen LogP contribution is -2.34. The normalized spacial score (nSPS) is 16.4. The maximum Gasteiger partial charge on any atom is 0.275 e. The molecular weight excluding hydrogens is 304 g/mol. The van der Waals surface area contributed by atoms with Gasteiger partial charge < -0.3 is 0 Å². The molecule has 3 rings (SSSR count). The number of fused-ring (bicyclic) bond motifs is 1. The second kappa shape index (κ2) is 5.88. The highest BCUT2D eigenvalue weighted by Crippen LogP contribution is 2.30. The smallest absolute Gasteiger partial charge is 0.216 e. The Kier molecular flexibility index (Phi) is 4.12. The first-order valence-corrected chi connectivity index (χ1v) is 9.41. The van der Waals surface area contributed by atoms with E-state index in [2.05, 4.69) is 16.9 Å². The summed E-state index contributed by atoms with van der Waals surface area (Å²) >= 11 is 1.52. The topological polar surface area (TPSA) is 72.2 Å². The highest BCUT2D eigenvalue weighted by atomic mass is 32.2. The van der Waals surface area contributed by atoms with Gasteiger partial charge in [-0.15, -0.1) is 11.3 Å². The number of benzene rings is 1. The van der Waals surface area contributed by atoms with Crippen molar-refractivity contribution in [2.24, 2.45) is 5.14 Å². The molecular formula is C15H18N2O2S2. The van der Waals surface area contributed by atoms with Crippen molar-refractivity contribution < 1.29 is 8.42 Å². The second-order valence-corrected chi connectivity index (χ2v) is 7.65. The Morgan fingerprint density at radius 1 is 1.14 bits per heavy atom. The third-order valence-electron chi connectivity index (χ3n) is 3.82. The third kappa shape index (κ3) is 3.52. The minimum absolute atomic E-state index is 0.410. The number of rotatable bonds is 4. The summed E-state index contributed by atoms with van der Waals surface area (Å²) in [5.74, 6) is 0. The fourth-order valence-corrected chi connectivity index (χ4v) is 4.31. The quantitative estimate of drug-likeness (QED) is 0.908. The number of thiophene rings is 1. The summed E-state index contributed by atoms with van der Waals surface area (Å²) in [6.45, 7) is 0. The summed E-state index contributed by atoms with van der Waals surface area (Å²) in [6, 6.07) is 9.68. The van der Waals surface area contributed by atoms with Crippen LogP contribution in [0.4, 0.5) is 0 Å². The van der Waals surface area contributed by atoms with Gasteiger partial charge in [0, 0.05) is 4.88 Å². The van der Waals surface area contributed by atoms with Crippen molar-refractivity contribution in [3.63, 3.8) is 0 Å². The highest BCUT2D eigenvalue weighted by Gasteiger charge is 2.21. The molecule has 1 aliphatic carbocycles. The molecule has 112 valence electrons. The van der Waals surface area contributed by atoms with E-state index < -0.39 is 16.3 Å². The van der Waals surface area contributed by atoms with Gasteiger partial charge in [-0.25, -0.2) is 5.14 Å². The van der Waals surface area contributed by atoms with E-state index in [9.17, 15) is 8.42 Å². The van der Waals surface area contributed by atoms with Crippen LogP contribution in [0.2, 0.25) is 0 Å². The van der Waals surface area contributed by atoms with Crippen LogP contribution >= 0.6 is 11.3 Å². The van der Waals surface area contributed by atoms with Crippen molar-refractivity contribution in [2.75, 3.05) is 0 Å². The Morgan fingerprint density at radius 2 is 1.90 bits per heavy atom. The molecule has 0 fully saturated rings. The summed E-state index contributed by atoms with van der Waals surface area (Å²) in [4.78, 5) is 0.944. The second-order valence-electron chi connectivity index (χ2n) is 5.35. The summed E-state index contributed by atoms with van der Waals surface area (Å²) in [5.41, 5.74) is 3.66. The van der Waals surface area contributed by atoms with Gasteiger partial charge in [0.25, 0.3) is 10.2 Å². The van der Waals surface area contributed by atoms with Crippen LogP contribution < -0.4 is 9.86 Å². The van der Waals surface area contributed by atoms with Crippen LogP contribution in [0.5, 0.6) is 0 Å². The van der Waals surface area contributed by atoms with E-state index in [1.165, 1.54) is 35.3 Å². The van der Waals surface area contributed by atoms with Crippen molar-refractivity contribution in [3.8, 4) is 0 Å². The molecule has 0 spiro atoms. The molecule has 0 saturated carbocycles. The van der Waals surface area contributed by atoms with Gasteiger partial charge in [0.05, 0.1) is 6.04 Å². The van der Waals surface area contributed by atoms with Gasteiger partial charge in [0.15, 0.2) is 0 Å². The molecule has 1 aliphatic rings. The van der Waals surface area contributed by atoms with Crippen LogP contribution in [0.15, 0.2) is 35.7 Å². The molecule has 1 aromatic carbocycles. The minimum Gasteiger partial charge on any atom is -0.216 e. The van der Waals surface area contributed by atoms with Crippen LogP contribution in [-0.2, 0) is 23.1 Å². The first kappa shape index (κ1) is 14.7. The maximum absolute atomic E-state index is 11.5. The van der Waals surface area contributed by atoms with Gasteiger partial charge >= 0.3 is 0 Å². The average molecular weight is 322 g/mol. The number of nitrogens with one attached hydrogen (secondary N) is 1. The van der Waals surface area contributed by atoms with E-state index in [0.29, 0.717) is 0 Å². The molecule has 1 aromatic heterocycles. The Balaban J connectivity index is 2.00. The molecule has 0 aliphatic heterocycles. The van der Waals surface area contributed by atoms with Crippen LogP contribution in [0.25, 0.3) is 0 Å². The Morgan fingerprint density at radius 3 is 2.57 bits per heavy atom. The van der Waals surface area contributed by atoms with Crippen molar-refractivity contribution in [1.29, 1.82) is 0 Å². The zero-order valence-corrected chi connectivity index (χ0v) is 13.2. The average Bonchev–Trinajstić information content (AvgIpc) is 2.97. The summed E-state index contributed by atoms with van der Waals surface area (Å²) in [5, 5.41) is 7.12. The van der Waals surface area contributed by atoms with Gasteiger partial charge in [-0.3, -0.25) is 0 Å². The SMILES string of the molecule is NS(=O)(=O)NC(c1ccc2c(c1)CCCC2)c1cccs1. The van der Waals surface area contributed by atoms with E-state index in [4.69, 9.17) is 5.14 Å². The molecule has 0 radical (unpaired) electrons. The fraction of sp³-hybridized carbons (Fsp3) is 0.333. The van der Waals surface area contributed by atoms with Crippen LogP contribution in [-0.4, -0.2) is 8.42 Å². The van der Waals surface area contributed by atoms with E-state index in [1.807, 2.05) is 23.6 Å². The number of aryl methyl sites for hydroxylation is 2. The summed E-state index contributed by atoms with van der Waals surface area (Å²) in [7, 11) is -3.76. The molecule has 21 heavy (non-hydrogen) atoms. The largest absolute Gasteiger partial charge is 0.275 e. The standard InChI is InChI=1S/C15H18N2O2S2/c16-21(18,19)17-15(14-6-3-9-20-14)13-8-7-11-4-1-2-5-12(11)10-13/h3,6-10,15,17H,1-2,4-5H2,(H2,16,18,19). The van der Waals surface area contributed by atoms with Gasteiger partial charge in [-0.05, 0) is 53.8 Å². The molecule has 1 unspecified atom stereocenters. The van der Waals surface area contributed by atoms with Gasteiger partial charge in [0.2, 0.25) is 0 Å². The zero-order valence-electron chi connectivity index (χ0n) is 11.6. The number of nitrogens with two attached hydrogens (primary N) is 1. The van der Waals surface area contributed by atoms with Crippen molar-refractivity contribution in [2.45, 2.75) is 31.7 Å². The summed E-state index contributed by atoms with van der Waals surface area (Å²) in [6.07, 6.45) is 4.61. The zero-order chi connectivity index (χ0) is 14.9. The molecule has 0 amide bonds. The molecule has 1 atom stereocenters. The van der Waals surface area contributed by atoms with Crippen LogP contribution in [0.3, 0.4) is 0 Å². The van der Waals surface area contributed by atoms with Gasteiger partial charge in [-0.2, -0.15) is 13.1 Å². The first-order chi connectivity index (χ1) is 10.0. The molecule has 4 nitrogen and oxygen atoms in total. The fourth-order valence-electron chi connectivity index (χ4n) is 2.84. The molecule has 0 saturated heterocycles. The van der Waals surface area contributed by atoms with Gasteiger partial charge in [0.1, 0.15) is 0 Å². The third-order valence-corrected chi connectivity index (χ3v) is 5.32. The lowest BCUT2D eigenvalue weighted by molar-refractivity contribution is 0.574. The predicted octanol–water partition coefficient (Wildman–Crippen LogP) is 2.51. The molecule has 1 heterocycles. The Hall–Kier alpha value is -1.21. The van der Waals surface area contributed by atoms with E-state index in [0.717, 1.165) is 23.3 Å². The maximum atomic E-state index is 11.5.